The normalized spacial score (nSPS) is 10.7. The number of halogens is 1. The van der Waals surface area contributed by atoms with Crippen LogP contribution in [-0.4, -0.2) is 10.9 Å². The van der Waals surface area contributed by atoms with E-state index >= 15 is 0 Å². The molecule has 0 fully saturated rings. The molecule has 0 saturated carbocycles. The van der Waals surface area contributed by atoms with E-state index in [1.807, 2.05) is 43.3 Å². The second-order valence-electron chi connectivity index (χ2n) is 4.68. The molecular weight excluding hydrogens is 316 g/mol. The molecule has 4 heteroatoms. The molecule has 0 spiro atoms. The number of carbonyl (C=O) groups excluding carboxylic acids is 1. The second kappa shape index (κ2) is 5.13. The first-order valence-electron chi connectivity index (χ1n) is 6.29. The van der Waals surface area contributed by atoms with Crippen LogP contribution in [0.5, 0.6) is 0 Å². The van der Waals surface area contributed by atoms with Gasteiger partial charge in [-0.05, 0) is 49.4 Å². The van der Waals surface area contributed by atoms with Crippen molar-refractivity contribution >= 4 is 38.4 Å². The average Bonchev–Trinajstić information content (AvgIpc) is 2.81. The van der Waals surface area contributed by atoms with Gasteiger partial charge in [0.2, 0.25) is 0 Å². The minimum atomic E-state index is -0.108. The molecule has 3 nitrogen and oxygen atoms in total. The number of hydrogen-bond donors (Lipinski definition) is 2. The van der Waals surface area contributed by atoms with Gasteiger partial charge in [0.05, 0.1) is 5.69 Å². The van der Waals surface area contributed by atoms with E-state index in [1.165, 1.54) is 0 Å². The lowest BCUT2D eigenvalue weighted by atomic mass is 10.2. The van der Waals surface area contributed by atoms with Gasteiger partial charge >= 0.3 is 0 Å². The van der Waals surface area contributed by atoms with Gasteiger partial charge < -0.3 is 10.3 Å². The molecule has 3 aromatic rings. The molecule has 1 heterocycles. The predicted octanol–water partition coefficient (Wildman–Crippen LogP) is 4.49. The number of fused-ring (bicyclic) bond motifs is 1. The molecule has 20 heavy (non-hydrogen) atoms. The molecule has 1 aromatic heterocycles. The zero-order chi connectivity index (χ0) is 14.1. The maximum absolute atomic E-state index is 12.2. The molecule has 2 aromatic carbocycles. The summed E-state index contributed by atoms with van der Waals surface area (Å²) in [6.45, 7) is 2.00. The number of aryl methyl sites for hydroxylation is 1. The first-order chi connectivity index (χ1) is 9.63. The molecule has 0 bridgehead atoms. The third-order valence-electron chi connectivity index (χ3n) is 3.15. The van der Waals surface area contributed by atoms with Gasteiger partial charge in [-0.15, -0.1) is 0 Å². The Balaban J connectivity index is 1.93. The van der Waals surface area contributed by atoms with Crippen LogP contribution in [0.2, 0.25) is 0 Å². The number of aromatic nitrogens is 1. The fraction of sp³-hybridized carbons (Fsp3) is 0.0625. The van der Waals surface area contributed by atoms with Crippen molar-refractivity contribution in [1.82, 2.24) is 4.98 Å². The van der Waals surface area contributed by atoms with Crippen molar-refractivity contribution in [3.8, 4) is 0 Å². The number of rotatable bonds is 2. The van der Waals surface area contributed by atoms with Crippen LogP contribution in [0.1, 0.15) is 16.1 Å². The third-order valence-corrected chi connectivity index (χ3v) is 3.68. The van der Waals surface area contributed by atoms with Crippen LogP contribution >= 0.6 is 15.9 Å². The van der Waals surface area contributed by atoms with E-state index in [1.54, 1.807) is 12.1 Å². The van der Waals surface area contributed by atoms with Gasteiger partial charge in [-0.1, -0.05) is 22.0 Å². The van der Waals surface area contributed by atoms with Crippen LogP contribution in [0, 0.1) is 6.92 Å². The summed E-state index contributed by atoms with van der Waals surface area (Å²) >= 11 is 3.36. The SMILES string of the molecule is Cc1cc2c(NC(=O)c3ccc(Br)cc3)cccc2[nH]1. The molecule has 0 saturated heterocycles. The summed E-state index contributed by atoms with van der Waals surface area (Å²) in [5.74, 6) is -0.108. The van der Waals surface area contributed by atoms with E-state index in [2.05, 4.69) is 26.2 Å². The van der Waals surface area contributed by atoms with Crippen molar-refractivity contribution in [1.29, 1.82) is 0 Å². The first kappa shape index (κ1) is 12.9. The lowest BCUT2D eigenvalue weighted by Gasteiger charge is -2.06. The van der Waals surface area contributed by atoms with Crippen molar-refractivity contribution in [3.05, 3.63) is 64.3 Å². The van der Waals surface area contributed by atoms with E-state index in [4.69, 9.17) is 0 Å². The van der Waals surface area contributed by atoms with E-state index in [0.717, 1.165) is 26.8 Å². The summed E-state index contributed by atoms with van der Waals surface area (Å²) in [4.78, 5) is 15.5. The smallest absolute Gasteiger partial charge is 0.255 e. The Morgan fingerprint density at radius 2 is 1.90 bits per heavy atom. The molecule has 0 aliphatic heterocycles. The largest absolute Gasteiger partial charge is 0.359 e. The van der Waals surface area contributed by atoms with Crippen molar-refractivity contribution in [3.63, 3.8) is 0 Å². The van der Waals surface area contributed by atoms with Crippen molar-refractivity contribution in [2.75, 3.05) is 5.32 Å². The molecule has 0 aliphatic rings. The van der Waals surface area contributed by atoms with Crippen molar-refractivity contribution < 1.29 is 4.79 Å². The first-order valence-corrected chi connectivity index (χ1v) is 7.08. The molecule has 0 atom stereocenters. The number of carbonyl (C=O) groups is 1. The molecule has 0 unspecified atom stereocenters. The van der Waals surface area contributed by atoms with Gasteiger partial charge in [0, 0.05) is 26.6 Å². The number of nitrogens with one attached hydrogen (secondary N) is 2. The average molecular weight is 329 g/mol. The van der Waals surface area contributed by atoms with Crippen LogP contribution in [0.25, 0.3) is 10.9 Å². The molecule has 100 valence electrons. The van der Waals surface area contributed by atoms with Crippen LogP contribution in [0.15, 0.2) is 53.0 Å². The number of hydrogen-bond acceptors (Lipinski definition) is 1. The minimum Gasteiger partial charge on any atom is -0.359 e. The highest BCUT2D eigenvalue weighted by molar-refractivity contribution is 9.10. The van der Waals surface area contributed by atoms with E-state index in [9.17, 15) is 4.79 Å². The third kappa shape index (κ3) is 2.47. The number of H-pyrrole nitrogens is 1. The molecule has 1 amide bonds. The number of aromatic amines is 1. The summed E-state index contributed by atoms with van der Waals surface area (Å²) in [5.41, 5.74) is 3.55. The molecule has 2 N–H and O–H groups in total. The maximum atomic E-state index is 12.2. The molecule has 0 radical (unpaired) electrons. The number of amides is 1. The zero-order valence-electron chi connectivity index (χ0n) is 10.9. The van der Waals surface area contributed by atoms with E-state index in [0.29, 0.717) is 5.56 Å². The molecular formula is C16H13BrN2O. The van der Waals surface area contributed by atoms with Crippen LogP contribution in [-0.2, 0) is 0 Å². The Hall–Kier alpha value is -2.07. The van der Waals surface area contributed by atoms with Crippen molar-refractivity contribution in [2.45, 2.75) is 6.92 Å². The van der Waals surface area contributed by atoms with Crippen molar-refractivity contribution in [2.24, 2.45) is 0 Å². The Labute approximate surface area is 125 Å². The highest BCUT2D eigenvalue weighted by Crippen LogP contribution is 2.24. The number of benzene rings is 2. The zero-order valence-corrected chi connectivity index (χ0v) is 12.5. The fourth-order valence-corrected chi connectivity index (χ4v) is 2.46. The van der Waals surface area contributed by atoms with Gasteiger partial charge in [-0.2, -0.15) is 0 Å². The monoisotopic (exact) mass is 328 g/mol. The highest BCUT2D eigenvalue weighted by Gasteiger charge is 2.09. The lowest BCUT2D eigenvalue weighted by molar-refractivity contribution is 0.102. The van der Waals surface area contributed by atoms with Crippen LogP contribution in [0.4, 0.5) is 5.69 Å². The van der Waals surface area contributed by atoms with Crippen LogP contribution < -0.4 is 5.32 Å². The summed E-state index contributed by atoms with van der Waals surface area (Å²) < 4.78 is 0.956. The van der Waals surface area contributed by atoms with E-state index in [-0.39, 0.29) is 5.91 Å². The molecule has 3 rings (SSSR count). The van der Waals surface area contributed by atoms with Gasteiger partial charge in [0.1, 0.15) is 0 Å². The predicted molar refractivity (Wildman–Crippen MR) is 85.1 cm³/mol. The Bertz CT molecular complexity index is 775. The van der Waals surface area contributed by atoms with Gasteiger partial charge in [-0.25, -0.2) is 0 Å². The van der Waals surface area contributed by atoms with E-state index < -0.39 is 0 Å². The quantitative estimate of drug-likeness (QED) is 0.715. The summed E-state index contributed by atoms with van der Waals surface area (Å²) in [6, 6.07) is 15.2. The maximum Gasteiger partial charge on any atom is 0.255 e. The topological polar surface area (TPSA) is 44.9 Å². The molecule has 0 aliphatic carbocycles. The standard InChI is InChI=1S/C16H13BrN2O/c1-10-9-13-14(18-10)3-2-4-15(13)19-16(20)11-5-7-12(17)8-6-11/h2-9,18H,1H3,(H,19,20). The second-order valence-corrected chi connectivity index (χ2v) is 5.60. The summed E-state index contributed by atoms with van der Waals surface area (Å²) in [6.07, 6.45) is 0. The number of anilines is 1. The fourth-order valence-electron chi connectivity index (χ4n) is 2.20. The Morgan fingerprint density at radius 3 is 2.65 bits per heavy atom. The van der Waals surface area contributed by atoms with Gasteiger partial charge in [0.15, 0.2) is 0 Å². The van der Waals surface area contributed by atoms with Crippen LogP contribution in [0.3, 0.4) is 0 Å². The lowest BCUT2D eigenvalue weighted by Crippen LogP contribution is -2.11. The van der Waals surface area contributed by atoms with Gasteiger partial charge in [-0.3, -0.25) is 4.79 Å². The highest BCUT2D eigenvalue weighted by atomic mass is 79.9. The Kier molecular flexibility index (Phi) is 3.32. The Morgan fingerprint density at radius 1 is 1.15 bits per heavy atom. The summed E-state index contributed by atoms with van der Waals surface area (Å²) in [5, 5.41) is 3.98. The summed E-state index contributed by atoms with van der Waals surface area (Å²) in [7, 11) is 0. The van der Waals surface area contributed by atoms with Gasteiger partial charge in [0.25, 0.3) is 5.91 Å². The minimum absolute atomic E-state index is 0.108.